The Hall–Kier alpha value is -1.36. The Morgan fingerprint density at radius 1 is 1.43 bits per heavy atom. The van der Waals surface area contributed by atoms with Gasteiger partial charge in [0, 0.05) is 43.6 Å². The molecule has 2 aliphatic rings. The minimum absolute atomic E-state index is 0.119. The maximum absolute atomic E-state index is 11.3. The summed E-state index contributed by atoms with van der Waals surface area (Å²) in [5, 5.41) is 3.40. The molecule has 0 aromatic carbocycles. The number of nitrogens with zero attached hydrogens (tertiary/aromatic N) is 2. The topological polar surface area (TPSA) is 72.9 Å². The van der Waals surface area contributed by atoms with E-state index in [2.05, 4.69) is 16.8 Å². The zero-order valence-corrected chi connectivity index (χ0v) is 12.9. The number of carbonyl (C=O) groups excluding carboxylic acids is 1. The molecule has 1 aliphatic carbocycles. The maximum Gasteiger partial charge on any atom is 0.219 e. The normalized spacial score (nSPS) is 21.0. The summed E-state index contributed by atoms with van der Waals surface area (Å²) in [6.07, 6.45) is 7.79. The van der Waals surface area contributed by atoms with E-state index in [-0.39, 0.29) is 11.9 Å². The maximum atomic E-state index is 11.3. The Labute approximate surface area is 126 Å². The Kier molecular flexibility index (Phi) is 4.29. The van der Waals surface area contributed by atoms with E-state index in [0.717, 1.165) is 19.5 Å². The molecule has 116 valence electrons. The summed E-state index contributed by atoms with van der Waals surface area (Å²) in [5.41, 5.74) is 7.92. The molecule has 1 saturated carbocycles. The zero-order chi connectivity index (χ0) is 14.8. The van der Waals surface area contributed by atoms with Gasteiger partial charge in [-0.3, -0.25) is 4.79 Å². The highest BCUT2D eigenvalue weighted by Gasteiger charge is 2.28. The average Bonchev–Trinajstić information content (AvgIpc) is 2.87. The van der Waals surface area contributed by atoms with Crippen LogP contribution in [0.5, 0.6) is 0 Å². The van der Waals surface area contributed by atoms with Crippen LogP contribution < -0.4 is 11.1 Å². The van der Waals surface area contributed by atoms with E-state index in [1.54, 1.807) is 0 Å². The molecule has 21 heavy (non-hydrogen) atoms. The molecule has 1 fully saturated rings. The minimum Gasteiger partial charge on any atom is -0.370 e. The van der Waals surface area contributed by atoms with Gasteiger partial charge in [-0.2, -0.15) is 0 Å². The number of nitrogens with one attached hydrogen (secondary N) is 1. The summed E-state index contributed by atoms with van der Waals surface area (Å²) < 4.78 is 2.34. The number of imidazole rings is 1. The molecule has 1 aliphatic heterocycles. The zero-order valence-electron chi connectivity index (χ0n) is 12.9. The van der Waals surface area contributed by atoms with Crippen LogP contribution in [0.3, 0.4) is 0 Å². The number of hydrogen-bond donors (Lipinski definition) is 2. The second kappa shape index (κ2) is 6.18. The summed E-state index contributed by atoms with van der Waals surface area (Å²) in [6, 6.07) is 0.119. The average molecular weight is 290 g/mol. The molecule has 1 aromatic rings. The number of primary amides is 1. The predicted octanol–water partition coefficient (Wildman–Crippen LogP) is 2.01. The molecule has 0 saturated heterocycles. The van der Waals surface area contributed by atoms with E-state index in [4.69, 9.17) is 10.7 Å². The van der Waals surface area contributed by atoms with E-state index in [1.807, 2.05) is 0 Å². The van der Waals surface area contributed by atoms with Crippen LogP contribution in [0.25, 0.3) is 0 Å². The van der Waals surface area contributed by atoms with Gasteiger partial charge in [-0.25, -0.2) is 4.98 Å². The van der Waals surface area contributed by atoms with Crippen LogP contribution in [0.4, 0.5) is 0 Å². The molecule has 3 rings (SSSR count). The third-order valence-corrected chi connectivity index (χ3v) is 4.86. The smallest absolute Gasteiger partial charge is 0.219 e. The third kappa shape index (κ3) is 2.98. The lowest BCUT2D eigenvalue weighted by Gasteiger charge is -2.26. The number of fused-ring (bicyclic) bond motifs is 1. The number of amides is 1. The number of carbonyl (C=O) groups is 1. The highest BCUT2D eigenvalue weighted by molar-refractivity contribution is 5.74. The van der Waals surface area contributed by atoms with Crippen LogP contribution in [-0.4, -0.2) is 22.0 Å². The summed E-state index contributed by atoms with van der Waals surface area (Å²) in [4.78, 5) is 16.3. The molecule has 1 aromatic heterocycles. The monoisotopic (exact) mass is 290 g/mol. The van der Waals surface area contributed by atoms with Crippen molar-refractivity contribution >= 4 is 5.91 Å². The van der Waals surface area contributed by atoms with Gasteiger partial charge in [0.2, 0.25) is 5.91 Å². The predicted molar refractivity (Wildman–Crippen MR) is 82.0 cm³/mol. The first-order chi connectivity index (χ1) is 10.2. The van der Waals surface area contributed by atoms with Crippen molar-refractivity contribution < 1.29 is 4.79 Å². The molecule has 5 heteroatoms. The highest BCUT2D eigenvalue weighted by Crippen LogP contribution is 2.35. The van der Waals surface area contributed by atoms with Gasteiger partial charge in [-0.1, -0.05) is 19.3 Å². The molecule has 0 radical (unpaired) electrons. The van der Waals surface area contributed by atoms with E-state index < -0.39 is 0 Å². The fraction of sp³-hybridized carbons (Fsp3) is 0.750. The number of hydrogen-bond acceptors (Lipinski definition) is 3. The lowest BCUT2D eigenvalue weighted by Crippen LogP contribution is -2.27. The summed E-state index contributed by atoms with van der Waals surface area (Å²) in [6.45, 7) is 3.94. The highest BCUT2D eigenvalue weighted by atomic mass is 16.1. The number of aromatic nitrogens is 2. The van der Waals surface area contributed by atoms with E-state index in [0.29, 0.717) is 12.3 Å². The van der Waals surface area contributed by atoms with E-state index >= 15 is 0 Å². The molecule has 0 spiro atoms. The SMILES string of the molecule is CC(CC(N)=O)n1c(C2CCCCC2)nc2c1CCNC2. The van der Waals surface area contributed by atoms with Crippen molar-refractivity contribution in [2.75, 3.05) is 6.54 Å². The lowest BCUT2D eigenvalue weighted by atomic mass is 9.88. The van der Waals surface area contributed by atoms with Gasteiger partial charge in [-0.15, -0.1) is 0 Å². The molecule has 5 nitrogen and oxygen atoms in total. The van der Waals surface area contributed by atoms with Gasteiger partial charge in [-0.05, 0) is 19.8 Å². The molecule has 0 bridgehead atoms. The molecular weight excluding hydrogens is 264 g/mol. The van der Waals surface area contributed by atoms with Crippen LogP contribution in [0.2, 0.25) is 0 Å². The number of rotatable bonds is 4. The molecule has 3 N–H and O–H groups in total. The van der Waals surface area contributed by atoms with Gasteiger partial charge < -0.3 is 15.6 Å². The minimum atomic E-state index is -0.228. The number of nitrogens with two attached hydrogens (primary N) is 1. The van der Waals surface area contributed by atoms with Crippen molar-refractivity contribution in [2.45, 2.75) is 70.4 Å². The Bertz CT molecular complexity index is 517. The quantitative estimate of drug-likeness (QED) is 0.891. The van der Waals surface area contributed by atoms with Crippen molar-refractivity contribution in [3.05, 3.63) is 17.2 Å². The fourth-order valence-corrected chi connectivity index (χ4v) is 3.88. The van der Waals surface area contributed by atoms with E-state index in [1.165, 1.54) is 49.3 Å². The van der Waals surface area contributed by atoms with E-state index in [9.17, 15) is 4.79 Å². The van der Waals surface area contributed by atoms with Crippen molar-refractivity contribution in [3.63, 3.8) is 0 Å². The second-order valence-electron chi connectivity index (χ2n) is 6.51. The van der Waals surface area contributed by atoms with Gasteiger partial charge in [0.1, 0.15) is 5.82 Å². The van der Waals surface area contributed by atoms with Crippen LogP contribution in [-0.2, 0) is 17.8 Å². The van der Waals surface area contributed by atoms with Crippen molar-refractivity contribution in [1.29, 1.82) is 0 Å². The Morgan fingerprint density at radius 3 is 2.90 bits per heavy atom. The second-order valence-corrected chi connectivity index (χ2v) is 6.51. The largest absolute Gasteiger partial charge is 0.370 e. The van der Waals surface area contributed by atoms with Crippen molar-refractivity contribution in [3.8, 4) is 0 Å². The molecule has 1 unspecified atom stereocenters. The first-order valence-corrected chi connectivity index (χ1v) is 8.25. The van der Waals surface area contributed by atoms with Crippen molar-refractivity contribution in [1.82, 2.24) is 14.9 Å². The van der Waals surface area contributed by atoms with Crippen molar-refractivity contribution in [2.24, 2.45) is 5.73 Å². The van der Waals surface area contributed by atoms with Crippen LogP contribution in [0.15, 0.2) is 0 Å². The van der Waals surface area contributed by atoms with Gasteiger partial charge in [0.15, 0.2) is 0 Å². The molecular formula is C16H26N4O. The van der Waals surface area contributed by atoms with Gasteiger partial charge >= 0.3 is 0 Å². The molecule has 1 amide bonds. The standard InChI is InChI=1S/C16H26N4O/c1-11(9-15(17)21)20-14-7-8-18-10-13(14)19-16(20)12-5-3-2-4-6-12/h11-12,18H,2-10H2,1H3,(H2,17,21). The van der Waals surface area contributed by atoms with Crippen LogP contribution >= 0.6 is 0 Å². The summed E-state index contributed by atoms with van der Waals surface area (Å²) >= 11 is 0. The Morgan fingerprint density at radius 2 is 2.19 bits per heavy atom. The fourth-order valence-electron chi connectivity index (χ4n) is 3.88. The lowest BCUT2D eigenvalue weighted by molar-refractivity contribution is -0.118. The Balaban J connectivity index is 1.96. The molecule has 1 atom stereocenters. The third-order valence-electron chi connectivity index (χ3n) is 4.86. The van der Waals surface area contributed by atoms with Gasteiger partial charge in [0.25, 0.3) is 0 Å². The first-order valence-electron chi connectivity index (χ1n) is 8.25. The van der Waals surface area contributed by atoms with Crippen LogP contribution in [0, 0.1) is 0 Å². The first kappa shape index (κ1) is 14.6. The summed E-state index contributed by atoms with van der Waals surface area (Å²) in [7, 11) is 0. The van der Waals surface area contributed by atoms with Gasteiger partial charge in [0.05, 0.1) is 5.69 Å². The summed E-state index contributed by atoms with van der Waals surface area (Å²) in [5.74, 6) is 1.53. The van der Waals surface area contributed by atoms with Crippen LogP contribution in [0.1, 0.15) is 74.6 Å². The molecule has 2 heterocycles.